The van der Waals surface area contributed by atoms with Gasteiger partial charge < -0.3 is 15.1 Å². The number of carboxylic acid groups (broad SMARTS) is 1. The molecule has 0 bridgehead atoms. The quantitative estimate of drug-likeness (QED) is 0.757. The van der Waals surface area contributed by atoms with E-state index in [0.717, 1.165) is 19.3 Å². The summed E-state index contributed by atoms with van der Waals surface area (Å²) in [6.07, 6.45) is 5.64. The van der Waals surface area contributed by atoms with Crippen LogP contribution in [0.3, 0.4) is 0 Å². The fraction of sp³-hybridized carbons (Fsp3) is 0.917. The number of aliphatic hydroxyl groups excluding tert-OH is 1. The molecule has 92 valence electrons. The molecule has 0 aromatic carbocycles. The topological polar surface area (TPSA) is 60.8 Å². The van der Waals surface area contributed by atoms with Gasteiger partial charge >= 0.3 is 6.09 Å². The molecule has 2 fully saturated rings. The van der Waals surface area contributed by atoms with Crippen LogP contribution in [0.25, 0.3) is 0 Å². The van der Waals surface area contributed by atoms with Crippen LogP contribution in [-0.2, 0) is 0 Å². The first kappa shape index (κ1) is 11.7. The van der Waals surface area contributed by atoms with E-state index in [2.05, 4.69) is 0 Å². The second-order valence-electron chi connectivity index (χ2n) is 5.17. The fourth-order valence-corrected chi connectivity index (χ4v) is 3.10. The second kappa shape index (κ2) is 5.04. The molecule has 2 atom stereocenters. The van der Waals surface area contributed by atoms with Gasteiger partial charge in [-0.25, -0.2) is 4.79 Å². The molecule has 2 aliphatic rings. The SMILES string of the molecule is O=C(O)N1CC[C@H]([C@@H](O)C2CCCCC2)C1. The summed E-state index contributed by atoms with van der Waals surface area (Å²) in [7, 11) is 0. The third-order valence-electron chi connectivity index (χ3n) is 4.11. The average molecular weight is 227 g/mol. The highest BCUT2D eigenvalue weighted by molar-refractivity contribution is 5.65. The van der Waals surface area contributed by atoms with Crippen LogP contribution in [0.15, 0.2) is 0 Å². The lowest BCUT2D eigenvalue weighted by Crippen LogP contribution is -2.34. The Hall–Kier alpha value is -0.770. The molecule has 4 nitrogen and oxygen atoms in total. The summed E-state index contributed by atoms with van der Waals surface area (Å²) >= 11 is 0. The molecule has 0 unspecified atom stereocenters. The molecular weight excluding hydrogens is 206 g/mol. The zero-order valence-corrected chi connectivity index (χ0v) is 9.64. The molecule has 1 aliphatic heterocycles. The Bertz CT molecular complexity index is 251. The molecule has 0 aromatic heterocycles. The number of nitrogens with zero attached hydrogens (tertiary/aromatic N) is 1. The Kier molecular flexibility index (Phi) is 3.69. The van der Waals surface area contributed by atoms with Gasteiger partial charge in [-0.15, -0.1) is 0 Å². The van der Waals surface area contributed by atoms with E-state index in [9.17, 15) is 9.90 Å². The number of likely N-dealkylation sites (tertiary alicyclic amines) is 1. The van der Waals surface area contributed by atoms with E-state index < -0.39 is 6.09 Å². The van der Waals surface area contributed by atoms with Crippen molar-refractivity contribution in [3.63, 3.8) is 0 Å². The molecule has 1 saturated heterocycles. The lowest BCUT2D eigenvalue weighted by Gasteiger charge is -2.30. The molecule has 4 heteroatoms. The zero-order valence-electron chi connectivity index (χ0n) is 9.64. The molecule has 1 aliphatic carbocycles. The zero-order chi connectivity index (χ0) is 11.5. The fourth-order valence-electron chi connectivity index (χ4n) is 3.10. The number of carbonyl (C=O) groups is 1. The van der Waals surface area contributed by atoms with Gasteiger partial charge in [0.1, 0.15) is 0 Å². The molecule has 2 N–H and O–H groups in total. The maximum atomic E-state index is 10.8. The van der Waals surface area contributed by atoms with Crippen molar-refractivity contribution in [2.45, 2.75) is 44.6 Å². The predicted octanol–water partition coefficient (Wildman–Crippen LogP) is 1.93. The Morgan fingerprint density at radius 2 is 1.81 bits per heavy atom. The van der Waals surface area contributed by atoms with Crippen LogP contribution in [0.2, 0.25) is 0 Å². The summed E-state index contributed by atoms with van der Waals surface area (Å²) in [6, 6.07) is 0. The summed E-state index contributed by atoms with van der Waals surface area (Å²) < 4.78 is 0. The van der Waals surface area contributed by atoms with Gasteiger partial charge in [0.25, 0.3) is 0 Å². The monoisotopic (exact) mass is 227 g/mol. The van der Waals surface area contributed by atoms with E-state index >= 15 is 0 Å². The normalized spacial score (nSPS) is 29.3. The molecule has 0 aromatic rings. The van der Waals surface area contributed by atoms with Gasteiger partial charge in [0.2, 0.25) is 0 Å². The first-order valence-electron chi connectivity index (χ1n) is 6.34. The van der Waals surface area contributed by atoms with Crippen molar-refractivity contribution in [1.82, 2.24) is 4.90 Å². The van der Waals surface area contributed by atoms with Gasteiger partial charge in [-0.2, -0.15) is 0 Å². The Balaban J connectivity index is 1.85. The van der Waals surface area contributed by atoms with E-state index in [-0.39, 0.29) is 12.0 Å². The summed E-state index contributed by atoms with van der Waals surface area (Å²) in [4.78, 5) is 12.2. The van der Waals surface area contributed by atoms with E-state index in [1.807, 2.05) is 0 Å². The van der Waals surface area contributed by atoms with Crippen molar-refractivity contribution in [3.05, 3.63) is 0 Å². The molecule has 2 rings (SSSR count). The lowest BCUT2D eigenvalue weighted by atomic mass is 9.80. The van der Waals surface area contributed by atoms with Gasteiger partial charge in [-0.1, -0.05) is 19.3 Å². The highest BCUT2D eigenvalue weighted by atomic mass is 16.4. The Morgan fingerprint density at radius 3 is 2.38 bits per heavy atom. The van der Waals surface area contributed by atoms with Gasteiger partial charge in [-0.3, -0.25) is 0 Å². The van der Waals surface area contributed by atoms with Crippen LogP contribution in [0.5, 0.6) is 0 Å². The Morgan fingerprint density at radius 1 is 1.12 bits per heavy atom. The first-order chi connectivity index (χ1) is 7.68. The highest BCUT2D eigenvalue weighted by Gasteiger charge is 2.35. The minimum atomic E-state index is -0.849. The van der Waals surface area contributed by atoms with Crippen LogP contribution in [0.1, 0.15) is 38.5 Å². The number of hydrogen-bond donors (Lipinski definition) is 2. The van der Waals surface area contributed by atoms with Crippen molar-refractivity contribution in [3.8, 4) is 0 Å². The average Bonchev–Trinajstić information content (AvgIpc) is 2.78. The van der Waals surface area contributed by atoms with Crippen LogP contribution in [-0.4, -0.2) is 40.4 Å². The maximum Gasteiger partial charge on any atom is 0.407 e. The number of aliphatic hydroxyl groups is 1. The first-order valence-corrected chi connectivity index (χ1v) is 6.34. The summed E-state index contributed by atoms with van der Waals surface area (Å²) in [5.41, 5.74) is 0. The van der Waals surface area contributed by atoms with Crippen molar-refractivity contribution in [2.24, 2.45) is 11.8 Å². The van der Waals surface area contributed by atoms with E-state index in [0.29, 0.717) is 19.0 Å². The second-order valence-corrected chi connectivity index (χ2v) is 5.17. The summed E-state index contributed by atoms with van der Waals surface area (Å²) in [5.74, 6) is 0.576. The number of rotatable bonds is 2. The predicted molar refractivity (Wildman–Crippen MR) is 60.3 cm³/mol. The molecule has 1 saturated carbocycles. The van der Waals surface area contributed by atoms with Crippen molar-refractivity contribution in [2.75, 3.05) is 13.1 Å². The standard InChI is InChI=1S/C12H21NO3/c14-11(9-4-2-1-3-5-9)10-6-7-13(8-10)12(15)16/h9-11,14H,1-8H2,(H,15,16)/t10-,11-/m0/s1. The van der Waals surface area contributed by atoms with Crippen LogP contribution >= 0.6 is 0 Å². The highest BCUT2D eigenvalue weighted by Crippen LogP contribution is 2.32. The summed E-state index contributed by atoms with van der Waals surface area (Å²) in [6.45, 7) is 1.11. The third-order valence-corrected chi connectivity index (χ3v) is 4.11. The molecule has 16 heavy (non-hydrogen) atoms. The van der Waals surface area contributed by atoms with Crippen LogP contribution in [0.4, 0.5) is 4.79 Å². The Labute approximate surface area is 96.3 Å². The molecule has 0 radical (unpaired) electrons. The molecule has 1 amide bonds. The van der Waals surface area contributed by atoms with Gasteiger partial charge in [0.05, 0.1) is 6.10 Å². The van der Waals surface area contributed by atoms with E-state index in [1.54, 1.807) is 0 Å². The van der Waals surface area contributed by atoms with Crippen LogP contribution in [0, 0.1) is 11.8 Å². The smallest absolute Gasteiger partial charge is 0.407 e. The lowest BCUT2D eigenvalue weighted by molar-refractivity contribution is 0.0366. The van der Waals surface area contributed by atoms with E-state index in [4.69, 9.17) is 5.11 Å². The third kappa shape index (κ3) is 2.48. The van der Waals surface area contributed by atoms with Crippen molar-refractivity contribution < 1.29 is 15.0 Å². The minimum Gasteiger partial charge on any atom is -0.465 e. The van der Waals surface area contributed by atoms with Gasteiger partial charge in [-0.05, 0) is 25.2 Å². The van der Waals surface area contributed by atoms with E-state index in [1.165, 1.54) is 24.2 Å². The maximum absolute atomic E-state index is 10.8. The largest absolute Gasteiger partial charge is 0.465 e. The van der Waals surface area contributed by atoms with Gasteiger partial charge in [0.15, 0.2) is 0 Å². The molecule has 1 heterocycles. The van der Waals surface area contributed by atoms with Gasteiger partial charge in [0, 0.05) is 19.0 Å². The number of amides is 1. The van der Waals surface area contributed by atoms with Crippen LogP contribution < -0.4 is 0 Å². The van der Waals surface area contributed by atoms with Crippen molar-refractivity contribution in [1.29, 1.82) is 0 Å². The van der Waals surface area contributed by atoms with Crippen molar-refractivity contribution >= 4 is 6.09 Å². The summed E-state index contributed by atoms with van der Waals surface area (Å²) in [5, 5.41) is 19.1. The molecular formula is C12H21NO3. The number of hydrogen-bond acceptors (Lipinski definition) is 2. The molecule has 0 spiro atoms. The minimum absolute atomic E-state index is 0.166.